The van der Waals surface area contributed by atoms with E-state index >= 15 is 0 Å². The van der Waals surface area contributed by atoms with Crippen molar-refractivity contribution in [3.05, 3.63) is 11.3 Å². The molecule has 0 amide bonds. The standard InChI is InChI=1S/C15H29N2/c1-4-5-12-17(3)13-8-6-7-11-16-14(2)15-9-10-15/h16H,3-13H2,1-2H3/q+1. The average Bonchev–Trinajstić information content (AvgIpc) is 3.14. The monoisotopic (exact) mass is 237 g/mol. The molecule has 1 N–H and O–H groups in total. The second-order valence-electron chi connectivity index (χ2n) is 5.19. The summed E-state index contributed by atoms with van der Waals surface area (Å²) < 4.78 is 2.22. The van der Waals surface area contributed by atoms with Crippen LogP contribution in [0.2, 0.25) is 0 Å². The van der Waals surface area contributed by atoms with Gasteiger partial charge in [0, 0.05) is 25.1 Å². The molecule has 17 heavy (non-hydrogen) atoms. The molecular formula is C15H29N2+. The third-order valence-electron chi connectivity index (χ3n) is 3.40. The zero-order valence-corrected chi connectivity index (χ0v) is 11.7. The Morgan fingerprint density at radius 2 is 1.88 bits per heavy atom. The van der Waals surface area contributed by atoms with E-state index in [4.69, 9.17) is 0 Å². The van der Waals surface area contributed by atoms with Crippen molar-refractivity contribution in [3.8, 4) is 0 Å². The molecule has 2 heteroatoms. The number of hydrogen-bond donors (Lipinski definition) is 1. The first kappa shape index (κ1) is 14.3. The average molecular weight is 237 g/mol. The SMILES string of the molecule is C=[N+](CCCC)CCCCCNC(C)=C1CC1. The first-order chi connectivity index (χ1) is 8.24. The van der Waals surface area contributed by atoms with E-state index in [-0.39, 0.29) is 0 Å². The summed E-state index contributed by atoms with van der Waals surface area (Å²) in [7, 11) is 0. The van der Waals surface area contributed by atoms with Crippen LogP contribution < -0.4 is 5.32 Å². The van der Waals surface area contributed by atoms with E-state index in [1.807, 2.05) is 0 Å². The summed E-state index contributed by atoms with van der Waals surface area (Å²) >= 11 is 0. The van der Waals surface area contributed by atoms with E-state index in [1.54, 1.807) is 5.57 Å². The minimum absolute atomic E-state index is 1.14. The Morgan fingerprint density at radius 3 is 2.53 bits per heavy atom. The van der Waals surface area contributed by atoms with Crippen molar-refractivity contribution < 1.29 is 4.58 Å². The topological polar surface area (TPSA) is 15.0 Å². The summed E-state index contributed by atoms with van der Waals surface area (Å²) in [5, 5.41) is 3.52. The molecular weight excluding hydrogens is 208 g/mol. The lowest BCUT2D eigenvalue weighted by Crippen LogP contribution is -2.15. The molecule has 0 bridgehead atoms. The molecule has 1 saturated carbocycles. The highest BCUT2D eigenvalue weighted by atomic mass is 15.0. The summed E-state index contributed by atoms with van der Waals surface area (Å²) in [4.78, 5) is 0. The summed E-state index contributed by atoms with van der Waals surface area (Å²) in [6.07, 6.45) is 9.08. The molecule has 0 spiro atoms. The van der Waals surface area contributed by atoms with Crippen molar-refractivity contribution >= 4 is 6.72 Å². The van der Waals surface area contributed by atoms with E-state index in [1.165, 1.54) is 50.6 Å². The number of nitrogens with one attached hydrogen (secondary N) is 1. The van der Waals surface area contributed by atoms with Gasteiger partial charge < -0.3 is 5.32 Å². The van der Waals surface area contributed by atoms with Crippen LogP contribution in [0.4, 0.5) is 0 Å². The smallest absolute Gasteiger partial charge is 0.142 e. The van der Waals surface area contributed by atoms with Crippen LogP contribution in [-0.2, 0) is 0 Å². The minimum Gasteiger partial charge on any atom is -0.389 e. The van der Waals surface area contributed by atoms with Gasteiger partial charge in [-0.15, -0.1) is 0 Å². The van der Waals surface area contributed by atoms with Gasteiger partial charge in [-0.1, -0.05) is 18.9 Å². The van der Waals surface area contributed by atoms with Crippen molar-refractivity contribution in [1.29, 1.82) is 0 Å². The maximum atomic E-state index is 4.06. The molecule has 0 aromatic heterocycles. The van der Waals surface area contributed by atoms with Crippen LogP contribution in [0.3, 0.4) is 0 Å². The van der Waals surface area contributed by atoms with Gasteiger partial charge in [-0.3, -0.25) is 0 Å². The molecule has 1 aliphatic carbocycles. The van der Waals surface area contributed by atoms with E-state index in [9.17, 15) is 0 Å². The van der Waals surface area contributed by atoms with Crippen LogP contribution in [0, 0.1) is 0 Å². The second-order valence-corrected chi connectivity index (χ2v) is 5.19. The molecule has 0 heterocycles. The van der Waals surface area contributed by atoms with Crippen LogP contribution >= 0.6 is 0 Å². The fourth-order valence-electron chi connectivity index (χ4n) is 1.97. The van der Waals surface area contributed by atoms with E-state index in [0.29, 0.717) is 0 Å². The maximum Gasteiger partial charge on any atom is 0.142 e. The van der Waals surface area contributed by atoms with Gasteiger partial charge in [0.25, 0.3) is 0 Å². The Hall–Kier alpha value is -0.790. The van der Waals surface area contributed by atoms with Crippen LogP contribution in [0.1, 0.15) is 58.8 Å². The number of hydrogen-bond acceptors (Lipinski definition) is 1. The molecule has 0 aromatic rings. The Balaban J connectivity index is 1.87. The van der Waals surface area contributed by atoms with Gasteiger partial charge in [-0.25, -0.2) is 4.58 Å². The Bertz CT molecular complexity index is 260. The van der Waals surface area contributed by atoms with E-state index < -0.39 is 0 Å². The lowest BCUT2D eigenvalue weighted by molar-refractivity contribution is -0.520. The number of unbranched alkanes of at least 4 members (excludes halogenated alkanes) is 3. The van der Waals surface area contributed by atoms with Gasteiger partial charge in [-0.05, 0) is 32.6 Å². The first-order valence-electron chi connectivity index (χ1n) is 7.22. The van der Waals surface area contributed by atoms with Gasteiger partial charge >= 0.3 is 0 Å². The molecule has 0 unspecified atom stereocenters. The van der Waals surface area contributed by atoms with Gasteiger partial charge in [0.1, 0.15) is 19.8 Å². The fourth-order valence-corrected chi connectivity index (χ4v) is 1.97. The molecule has 0 saturated heterocycles. The van der Waals surface area contributed by atoms with Crippen molar-refractivity contribution in [2.24, 2.45) is 0 Å². The normalized spacial score (nSPS) is 13.6. The quantitative estimate of drug-likeness (QED) is 0.350. The van der Waals surface area contributed by atoms with E-state index in [0.717, 1.165) is 19.6 Å². The van der Waals surface area contributed by atoms with Crippen LogP contribution in [0.25, 0.3) is 0 Å². The minimum atomic E-state index is 1.14. The lowest BCUT2D eigenvalue weighted by Gasteiger charge is -2.06. The number of nitrogens with zero attached hydrogens (tertiary/aromatic N) is 1. The number of allylic oxidation sites excluding steroid dienone is 2. The first-order valence-corrected chi connectivity index (χ1v) is 7.22. The van der Waals surface area contributed by atoms with Gasteiger partial charge in [-0.2, -0.15) is 0 Å². The molecule has 0 atom stereocenters. The Morgan fingerprint density at radius 1 is 1.18 bits per heavy atom. The van der Waals surface area contributed by atoms with Gasteiger partial charge in [0.05, 0.1) is 0 Å². The predicted octanol–water partition coefficient (Wildman–Crippen LogP) is 3.33. The van der Waals surface area contributed by atoms with Gasteiger partial charge in [0.2, 0.25) is 0 Å². The lowest BCUT2D eigenvalue weighted by atomic mass is 10.2. The molecule has 2 nitrogen and oxygen atoms in total. The highest BCUT2D eigenvalue weighted by Crippen LogP contribution is 2.29. The van der Waals surface area contributed by atoms with Crippen LogP contribution in [0.5, 0.6) is 0 Å². The van der Waals surface area contributed by atoms with E-state index in [2.05, 4.69) is 30.5 Å². The zero-order valence-electron chi connectivity index (χ0n) is 11.7. The van der Waals surface area contributed by atoms with Crippen LogP contribution in [0.15, 0.2) is 11.3 Å². The molecule has 1 fully saturated rings. The summed E-state index contributed by atoms with van der Waals surface area (Å²) in [5.74, 6) is 0. The summed E-state index contributed by atoms with van der Waals surface area (Å²) in [6.45, 7) is 12.0. The summed E-state index contributed by atoms with van der Waals surface area (Å²) in [5.41, 5.74) is 3.07. The molecule has 0 aromatic carbocycles. The van der Waals surface area contributed by atoms with Crippen molar-refractivity contribution in [3.63, 3.8) is 0 Å². The molecule has 98 valence electrons. The molecule has 1 aliphatic rings. The summed E-state index contributed by atoms with van der Waals surface area (Å²) in [6, 6.07) is 0. The zero-order chi connectivity index (χ0) is 12.5. The number of rotatable bonds is 10. The van der Waals surface area contributed by atoms with Crippen molar-refractivity contribution in [1.82, 2.24) is 5.32 Å². The predicted molar refractivity (Wildman–Crippen MR) is 75.8 cm³/mol. The fraction of sp³-hybridized carbons (Fsp3) is 0.800. The van der Waals surface area contributed by atoms with Crippen molar-refractivity contribution in [2.75, 3.05) is 19.6 Å². The Kier molecular flexibility index (Phi) is 6.99. The third-order valence-corrected chi connectivity index (χ3v) is 3.40. The maximum absolute atomic E-state index is 4.06. The molecule has 0 radical (unpaired) electrons. The van der Waals surface area contributed by atoms with Gasteiger partial charge in [0.15, 0.2) is 0 Å². The molecule has 1 rings (SSSR count). The molecule has 0 aliphatic heterocycles. The third kappa shape index (κ3) is 7.19. The highest BCUT2D eigenvalue weighted by Gasteiger charge is 2.13. The Labute approximate surface area is 107 Å². The van der Waals surface area contributed by atoms with Crippen LogP contribution in [-0.4, -0.2) is 30.9 Å². The largest absolute Gasteiger partial charge is 0.389 e. The van der Waals surface area contributed by atoms with Crippen molar-refractivity contribution in [2.45, 2.75) is 58.8 Å². The second kappa shape index (κ2) is 8.32. The highest BCUT2D eigenvalue weighted by molar-refractivity contribution is 5.22.